The molecule has 0 aliphatic carbocycles. The SMILES string of the molecule is CP(C)(=O)c1cccc(-c2c3ccccc3nc3c2ccc2ccccc23)c1. The first-order chi connectivity index (χ1) is 13.5. The van der Waals surface area contributed by atoms with Gasteiger partial charge in [0.15, 0.2) is 0 Å². The quantitative estimate of drug-likeness (QED) is 0.200. The lowest BCUT2D eigenvalue weighted by atomic mass is 9.94. The molecule has 136 valence electrons. The summed E-state index contributed by atoms with van der Waals surface area (Å²) in [6, 6.07) is 29.1. The van der Waals surface area contributed by atoms with E-state index in [1.165, 1.54) is 5.39 Å². The van der Waals surface area contributed by atoms with Crippen molar-refractivity contribution in [2.75, 3.05) is 13.3 Å². The van der Waals surface area contributed by atoms with Crippen molar-refractivity contribution in [2.45, 2.75) is 0 Å². The Hall–Kier alpha value is -2.96. The minimum absolute atomic E-state index is 0.903. The molecule has 0 atom stereocenters. The van der Waals surface area contributed by atoms with Crippen LogP contribution in [0.25, 0.3) is 43.7 Å². The van der Waals surface area contributed by atoms with Crippen LogP contribution in [0.1, 0.15) is 0 Å². The summed E-state index contributed by atoms with van der Waals surface area (Å²) in [6.07, 6.45) is 0. The van der Waals surface area contributed by atoms with Gasteiger partial charge < -0.3 is 4.57 Å². The molecule has 0 saturated heterocycles. The smallest absolute Gasteiger partial charge is 0.109 e. The molecule has 4 aromatic carbocycles. The van der Waals surface area contributed by atoms with E-state index in [0.717, 1.165) is 43.6 Å². The molecule has 0 aliphatic heterocycles. The van der Waals surface area contributed by atoms with Gasteiger partial charge in [0, 0.05) is 27.0 Å². The number of fused-ring (bicyclic) bond motifs is 4. The van der Waals surface area contributed by atoms with Gasteiger partial charge in [-0.15, -0.1) is 0 Å². The van der Waals surface area contributed by atoms with Crippen LogP contribution < -0.4 is 5.30 Å². The van der Waals surface area contributed by atoms with E-state index >= 15 is 0 Å². The van der Waals surface area contributed by atoms with Gasteiger partial charge in [0.1, 0.15) is 7.14 Å². The van der Waals surface area contributed by atoms with E-state index in [9.17, 15) is 4.57 Å². The highest BCUT2D eigenvalue weighted by atomic mass is 31.2. The van der Waals surface area contributed by atoms with Crippen LogP contribution in [-0.4, -0.2) is 18.3 Å². The third kappa shape index (κ3) is 2.73. The summed E-state index contributed by atoms with van der Waals surface area (Å²) in [5, 5.41) is 5.48. The second kappa shape index (κ2) is 6.29. The molecule has 0 fully saturated rings. The Labute approximate surface area is 164 Å². The maximum atomic E-state index is 12.7. The molecule has 1 aromatic heterocycles. The molecular formula is C25H20NOP. The van der Waals surface area contributed by atoms with Crippen LogP contribution in [-0.2, 0) is 4.57 Å². The van der Waals surface area contributed by atoms with Gasteiger partial charge in [-0.2, -0.15) is 0 Å². The summed E-state index contributed by atoms with van der Waals surface area (Å²) >= 11 is 0. The molecule has 3 heteroatoms. The van der Waals surface area contributed by atoms with Gasteiger partial charge in [0.25, 0.3) is 0 Å². The molecule has 0 radical (unpaired) electrons. The second-order valence-electron chi connectivity index (χ2n) is 7.59. The largest absolute Gasteiger partial charge is 0.319 e. The molecule has 0 unspecified atom stereocenters. The molecule has 0 saturated carbocycles. The highest BCUT2D eigenvalue weighted by Gasteiger charge is 2.16. The lowest BCUT2D eigenvalue weighted by Crippen LogP contribution is -2.02. The molecular weight excluding hydrogens is 361 g/mol. The van der Waals surface area contributed by atoms with Gasteiger partial charge in [0.2, 0.25) is 0 Å². The first-order valence-corrected chi connectivity index (χ1v) is 12.0. The number of aromatic nitrogens is 1. The molecule has 5 rings (SSSR count). The molecule has 5 aromatic rings. The zero-order valence-corrected chi connectivity index (χ0v) is 16.8. The Kier molecular flexibility index (Phi) is 3.86. The Balaban J connectivity index is 1.96. The predicted molar refractivity (Wildman–Crippen MR) is 121 cm³/mol. The summed E-state index contributed by atoms with van der Waals surface area (Å²) in [4.78, 5) is 5.01. The Morgan fingerprint density at radius 2 is 1.46 bits per heavy atom. The fourth-order valence-electron chi connectivity index (χ4n) is 3.93. The van der Waals surface area contributed by atoms with Gasteiger partial charge in [-0.1, -0.05) is 72.8 Å². The highest BCUT2D eigenvalue weighted by molar-refractivity contribution is 7.70. The molecule has 2 nitrogen and oxygen atoms in total. The van der Waals surface area contributed by atoms with Crippen LogP contribution >= 0.6 is 7.14 Å². The third-order valence-corrected chi connectivity index (χ3v) is 6.85. The van der Waals surface area contributed by atoms with Gasteiger partial charge >= 0.3 is 0 Å². The van der Waals surface area contributed by atoms with Gasteiger partial charge in [0.05, 0.1) is 11.0 Å². The number of benzene rings is 4. The van der Waals surface area contributed by atoms with Crippen molar-refractivity contribution < 1.29 is 4.57 Å². The molecule has 28 heavy (non-hydrogen) atoms. The standard InChI is InChI=1S/C25H20NOP/c1-28(2,27)19-10-7-9-18(16-19)24-21-12-5-6-13-23(21)26-25-20-11-4-3-8-17(20)14-15-22(24)25/h3-16H,1-2H3. The number of hydrogen-bond donors (Lipinski definition) is 0. The summed E-state index contributed by atoms with van der Waals surface area (Å²) in [5.41, 5.74) is 4.22. The van der Waals surface area contributed by atoms with E-state index in [2.05, 4.69) is 66.7 Å². The maximum Gasteiger partial charge on any atom is 0.109 e. The van der Waals surface area contributed by atoms with Crippen molar-refractivity contribution in [3.8, 4) is 11.1 Å². The van der Waals surface area contributed by atoms with Crippen LogP contribution in [0.15, 0.2) is 84.9 Å². The van der Waals surface area contributed by atoms with Crippen molar-refractivity contribution in [2.24, 2.45) is 0 Å². The zero-order valence-electron chi connectivity index (χ0n) is 15.9. The fraction of sp³-hybridized carbons (Fsp3) is 0.0800. The van der Waals surface area contributed by atoms with Crippen molar-refractivity contribution >= 4 is 45.0 Å². The molecule has 0 N–H and O–H groups in total. The Morgan fingerprint density at radius 3 is 2.29 bits per heavy atom. The Morgan fingerprint density at radius 1 is 0.714 bits per heavy atom. The average Bonchev–Trinajstić information content (AvgIpc) is 2.71. The van der Waals surface area contributed by atoms with Crippen LogP contribution in [0.3, 0.4) is 0 Å². The van der Waals surface area contributed by atoms with Crippen LogP contribution in [0, 0.1) is 0 Å². The van der Waals surface area contributed by atoms with Crippen LogP contribution in [0.4, 0.5) is 0 Å². The number of para-hydroxylation sites is 1. The lowest BCUT2D eigenvalue weighted by Gasteiger charge is -2.15. The monoisotopic (exact) mass is 381 g/mol. The van der Waals surface area contributed by atoms with E-state index in [4.69, 9.17) is 4.98 Å². The van der Waals surface area contributed by atoms with Crippen LogP contribution in [0.5, 0.6) is 0 Å². The molecule has 0 amide bonds. The average molecular weight is 381 g/mol. The number of hydrogen-bond acceptors (Lipinski definition) is 2. The van der Waals surface area contributed by atoms with E-state index in [0.29, 0.717) is 0 Å². The molecule has 1 heterocycles. The van der Waals surface area contributed by atoms with Crippen LogP contribution in [0.2, 0.25) is 0 Å². The summed E-state index contributed by atoms with van der Waals surface area (Å²) in [6.45, 7) is 3.64. The molecule has 0 bridgehead atoms. The molecule has 0 aliphatic rings. The van der Waals surface area contributed by atoms with Gasteiger partial charge in [-0.3, -0.25) is 0 Å². The first-order valence-electron chi connectivity index (χ1n) is 9.38. The highest BCUT2D eigenvalue weighted by Crippen LogP contribution is 2.40. The van der Waals surface area contributed by atoms with Crippen molar-refractivity contribution in [3.63, 3.8) is 0 Å². The summed E-state index contributed by atoms with van der Waals surface area (Å²) < 4.78 is 12.7. The topological polar surface area (TPSA) is 30.0 Å². The maximum absolute atomic E-state index is 12.7. The minimum Gasteiger partial charge on any atom is -0.319 e. The second-order valence-corrected chi connectivity index (χ2v) is 10.8. The lowest BCUT2D eigenvalue weighted by molar-refractivity contribution is 0.588. The van der Waals surface area contributed by atoms with Crippen molar-refractivity contribution in [1.29, 1.82) is 0 Å². The van der Waals surface area contributed by atoms with Crippen molar-refractivity contribution in [1.82, 2.24) is 4.98 Å². The fourth-order valence-corrected chi connectivity index (χ4v) is 4.83. The van der Waals surface area contributed by atoms with Gasteiger partial charge in [-0.05, 0) is 36.4 Å². The number of nitrogens with zero attached hydrogens (tertiary/aromatic N) is 1. The summed E-state index contributed by atoms with van der Waals surface area (Å²) in [5.74, 6) is 0. The van der Waals surface area contributed by atoms with Gasteiger partial charge in [-0.25, -0.2) is 4.98 Å². The van der Waals surface area contributed by atoms with E-state index in [-0.39, 0.29) is 0 Å². The van der Waals surface area contributed by atoms with E-state index < -0.39 is 7.14 Å². The van der Waals surface area contributed by atoms with E-state index in [1.54, 1.807) is 0 Å². The number of rotatable bonds is 2. The summed E-state index contributed by atoms with van der Waals surface area (Å²) in [7, 11) is -2.34. The number of pyridine rings is 1. The minimum atomic E-state index is -2.34. The Bertz CT molecular complexity index is 1410. The normalized spacial score (nSPS) is 12.1. The predicted octanol–water partition coefficient (Wildman–Crippen LogP) is 6.46. The van der Waals surface area contributed by atoms with Crippen molar-refractivity contribution in [3.05, 3.63) is 84.9 Å². The van der Waals surface area contributed by atoms with E-state index in [1.807, 2.05) is 31.5 Å². The third-order valence-electron chi connectivity index (χ3n) is 5.33. The molecule has 0 spiro atoms. The zero-order chi connectivity index (χ0) is 19.3. The first kappa shape index (κ1) is 17.2.